The maximum atomic E-state index is 12.7. The van der Waals surface area contributed by atoms with Gasteiger partial charge in [-0.3, -0.25) is 4.79 Å². The third-order valence-corrected chi connectivity index (χ3v) is 2.46. The van der Waals surface area contributed by atoms with E-state index in [1.807, 2.05) is 0 Å². The second kappa shape index (κ2) is 4.13. The second-order valence-corrected chi connectivity index (χ2v) is 3.53. The van der Waals surface area contributed by atoms with E-state index in [0.717, 1.165) is 0 Å². The first-order valence-electron chi connectivity index (χ1n) is 4.44. The Hall–Kier alpha value is -0.510. The van der Waals surface area contributed by atoms with Gasteiger partial charge in [0, 0.05) is 25.9 Å². The molecule has 0 aromatic rings. The SMILES string of the molecule is COCC(=O)C1CCC(F)(F)CC1. The molecule has 0 amide bonds. The standard InChI is InChI=1S/C9H14F2O2/c1-13-6-8(12)7-2-4-9(10,11)5-3-7/h7H,2-6H2,1H3. The highest BCUT2D eigenvalue weighted by molar-refractivity contribution is 5.82. The molecule has 0 aliphatic heterocycles. The molecule has 0 spiro atoms. The van der Waals surface area contributed by atoms with Crippen LogP contribution in [0.15, 0.2) is 0 Å². The van der Waals surface area contributed by atoms with Crippen molar-refractivity contribution in [1.82, 2.24) is 0 Å². The van der Waals surface area contributed by atoms with E-state index in [-0.39, 0.29) is 31.1 Å². The zero-order chi connectivity index (χ0) is 9.90. The smallest absolute Gasteiger partial charge is 0.248 e. The molecule has 0 aromatic heterocycles. The van der Waals surface area contributed by atoms with Crippen LogP contribution in [0.5, 0.6) is 0 Å². The molecule has 4 heteroatoms. The molecule has 0 radical (unpaired) electrons. The second-order valence-electron chi connectivity index (χ2n) is 3.53. The van der Waals surface area contributed by atoms with E-state index in [4.69, 9.17) is 0 Å². The van der Waals surface area contributed by atoms with Crippen molar-refractivity contribution < 1.29 is 18.3 Å². The summed E-state index contributed by atoms with van der Waals surface area (Å²) in [5.41, 5.74) is 0. The predicted molar refractivity (Wildman–Crippen MR) is 43.8 cm³/mol. The third kappa shape index (κ3) is 3.03. The first kappa shape index (κ1) is 10.6. The van der Waals surface area contributed by atoms with E-state index >= 15 is 0 Å². The van der Waals surface area contributed by atoms with Gasteiger partial charge in [0.15, 0.2) is 5.78 Å². The van der Waals surface area contributed by atoms with Gasteiger partial charge in [-0.05, 0) is 12.8 Å². The van der Waals surface area contributed by atoms with Gasteiger partial charge in [-0.15, -0.1) is 0 Å². The van der Waals surface area contributed by atoms with Crippen molar-refractivity contribution in [1.29, 1.82) is 0 Å². The monoisotopic (exact) mass is 192 g/mol. The van der Waals surface area contributed by atoms with Gasteiger partial charge >= 0.3 is 0 Å². The summed E-state index contributed by atoms with van der Waals surface area (Å²) in [4.78, 5) is 11.2. The lowest BCUT2D eigenvalue weighted by Gasteiger charge is -2.26. The lowest BCUT2D eigenvalue weighted by Crippen LogP contribution is -2.30. The molecule has 0 unspecified atom stereocenters. The van der Waals surface area contributed by atoms with Gasteiger partial charge in [0.05, 0.1) is 0 Å². The summed E-state index contributed by atoms with van der Waals surface area (Å²) in [5, 5.41) is 0. The van der Waals surface area contributed by atoms with Crippen LogP contribution in [0, 0.1) is 5.92 Å². The first-order valence-corrected chi connectivity index (χ1v) is 4.44. The third-order valence-electron chi connectivity index (χ3n) is 2.46. The van der Waals surface area contributed by atoms with E-state index in [0.29, 0.717) is 12.8 Å². The lowest BCUT2D eigenvalue weighted by atomic mass is 9.84. The van der Waals surface area contributed by atoms with Gasteiger partial charge in [-0.1, -0.05) is 0 Å². The Labute approximate surface area is 76.3 Å². The Morgan fingerprint density at radius 3 is 2.46 bits per heavy atom. The molecular formula is C9H14F2O2. The number of methoxy groups -OCH3 is 1. The topological polar surface area (TPSA) is 26.3 Å². The molecule has 0 heterocycles. The number of ether oxygens (including phenoxy) is 1. The van der Waals surface area contributed by atoms with Crippen LogP contribution in [0.3, 0.4) is 0 Å². The number of alkyl halides is 2. The summed E-state index contributed by atoms with van der Waals surface area (Å²) in [6, 6.07) is 0. The molecule has 1 rings (SSSR count). The highest BCUT2D eigenvalue weighted by atomic mass is 19.3. The van der Waals surface area contributed by atoms with Crippen molar-refractivity contribution in [3.8, 4) is 0 Å². The van der Waals surface area contributed by atoms with Crippen molar-refractivity contribution in [3.05, 3.63) is 0 Å². The summed E-state index contributed by atoms with van der Waals surface area (Å²) < 4.78 is 30.0. The molecule has 1 fully saturated rings. The Morgan fingerprint density at radius 1 is 1.46 bits per heavy atom. The van der Waals surface area contributed by atoms with Crippen LogP contribution in [0.4, 0.5) is 8.78 Å². The Bertz CT molecular complexity index is 182. The van der Waals surface area contributed by atoms with E-state index in [1.165, 1.54) is 7.11 Å². The van der Waals surface area contributed by atoms with Gasteiger partial charge in [-0.2, -0.15) is 0 Å². The Balaban J connectivity index is 2.36. The number of carbonyl (C=O) groups excluding carboxylic acids is 1. The van der Waals surface area contributed by atoms with Crippen LogP contribution in [0.1, 0.15) is 25.7 Å². The van der Waals surface area contributed by atoms with Crippen LogP contribution >= 0.6 is 0 Å². The van der Waals surface area contributed by atoms with Crippen molar-refractivity contribution in [2.45, 2.75) is 31.6 Å². The van der Waals surface area contributed by atoms with Crippen LogP contribution in [0.2, 0.25) is 0 Å². The summed E-state index contributed by atoms with van der Waals surface area (Å²) in [7, 11) is 1.44. The maximum absolute atomic E-state index is 12.7. The lowest BCUT2D eigenvalue weighted by molar-refractivity contribution is -0.130. The number of rotatable bonds is 3. The first-order chi connectivity index (χ1) is 6.05. The maximum Gasteiger partial charge on any atom is 0.248 e. The summed E-state index contributed by atoms with van der Waals surface area (Å²) in [6.07, 6.45) is 0.282. The van der Waals surface area contributed by atoms with Crippen LogP contribution in [-0.4, -0.2) is 25.4 Å². The summed E-state index contributed by atoms with van der Waals surface area (Å²) >= 11 is 0. The van der Waals surface area contributed by atoms with Crippen LogP contribution in [-0.2, 0) is 9.53 Å². The number of hydrogen-bond donors (Lipinski definition) is 0. The van der Waals surface area contributed by atoms with Gasteiger partial charge in [-0.25, -0.2) is 8.78 Å². The van der Waals surface area contributed by atoms with Gasteiger partial charge in [0.2, 0.25) is 5.92 Å². The fraction of sp³-hybridized carbons (Fsp3) is 0.889. The normalized spacial score (nSPS) is 23.0. The minimum atomic E-state index is -2.55. The van der Waals surface area contributed by atoms with E-state index in [2.05, 4.69) is 4.74 Å². The van der Waals surface area contributed by atoms with E-state index < -0.39 is 5.92 Å². The minimum absolute atomic E-state index is 0.0435. The van der Waals surface area contributed by atoms with Crippen molar-refractivity contribution in [3.63, 3.8) is 0 Å². The highest BCUT2D eigenvalue weighted by Crippen LogP contribution is 2.36. The summed E-state index contributed by atoms with van der Waals surface area (Å²) in [6.45, 7) is 0.0518. The molecule has 2 nitrogen and oxygen atoms in total. The molecule has 0 N–H and O–H groups in total. The number of carbonyl (C=O) groups is 1. The van der Waals surface area contributed by atoms with E-state index in [9.17, 15) is 13.6 Å². The zero-order valence-electron chi connectivity index (χ0n) is 7.69. The molecule has 0 aromatic carbocycles. The van der Waals surface area contributed by atoms with Gasteiger partial charge in [0.1, 0.15) is 6.61 Å². The minimum Gasteiger partial charge on any atom is -0.377 e. The summed E-state index contributed by atoms with van der Waals surface area (Å²) in [5.74, 6) is -2.80. The average Bonchev–Trinajstić information content (AvgIpc) is 2.04. The molecule has 1 aliphatic carbocycles. The van der Waals surface area contributed by atoms with E-state index in [1.54, 1.807) is 0 Å². The number of hydrogen-bond acceptors (Lipinski definition) is 2. The van der Waals surface area contributed by atoms with Crippen LogP contribution in [0.25, 0.3) is 0 Å². The van der Waals surface area contributed by atoms with Crippen molar-refractivity contribution >= 4 is 5.78 Å². The largest absolute Gasteiger partial charge is 0.377 e. The molecule has 76 valence electrons. The van der Waals surface area contributed by atoms with Gasteiger partial charge in [0.25, 0.3) is 0 Å². The van der Waals surface area contributed by atoms with Gasteiger partial charge < -0.3 is 4.74 Å². The average molecular weight is 192 g/mol. The Morgan fingerprint density at radius 2 is 2.00 bits per heavy atom. The fourth-order valence-corrected chi connectivity index (χ4v) is 1.62. The van der Waals surface area contributed by atoms with Crippen molar-refractivity contribution in [2.24, 2.45) is 5.92 Å². The number of ketones is 1. The molecule has 13 heavy (non-hydrogen) atoms. The number of Topliss-reactive ketones (excluding diaryl/α,β-unsaturated/α-hetero) is 1. The highest BCUT2D eigenvalue weighted by Gasteiger charge is 2.36. The number of halogens is 2. The molecular weight excluding hydrogens is 178 g/mol. The molecule has 1 aliphatic rings. The predicted octanol–water partition coefficient (Wildman–Crippen LogP) is 2.03. The molecule has 0 bridgehead atoms. The molecule has 0 atom stereocenters. The van der Waals surface area contributed by atoms with Crippen LogP contribution < -0.4 is 0 Å². The quantitative estimate of drug-likeness (QED) is 0.683. The fourth-order valence-electron chi connectivity index (χ4n) is 1.62. The zero-order valence-corrected chi connectivity index (χ0v) is 7.69. The molecule has 0 saturated heterocycles. The Kier molecular flexibility index (Phi) is 3.36. The molecule has 1 saturated carbocycles. The van der Waals surface area contributed by atoms with Crippen molar-refractivity contribution in [2.75, 3.05) is 13.7 Å².